The summed E-state index contributed by atoms with van der Waals surface area (Å²) in [4.78, 5) is 13.1. The summed E-state index contributed by atoms with van der Waals surface area (Å²) in [5.74, 6) is 1.56. The number of ether oxygens (including phenoxy) is 3. The summed E-state index contributed by atoms with van der Waals surface area (Å²) in [7, 11) is 1.69. The van der Waals surface area contributed by atoms with E-state index in [9.17, 15) is 0 Å². The number of rotatable bonds is 13. The molecule has 0 radical (unpaired) electrons. The second-order valence-electron chi connectivity index (χ2n) is 9.84. The summed E-state index contributed by atoms with van der Waals surface area (Å²) in [6.45, 7) is 4.99. The Balaban J connectivity index is 1.50. The van der Waals surface area contributed by atoms with E-state index in [1.807, 2.05) is 36.9 Å². The molecule has 39 heavy (non-hydrogen) atoms. The quantitative estimate of drug-likeness (QED) is 0.200. The number of halogens is 1. The lowest BCUT2D eigenvalue weighted by atomic mass is 9.96. The van der Waals surface area contributed by atoms with E-state index in [1.54, 1.807) is 25.6 Å². The molecular weight excluding hydrogens is 518 g/mol. The van der Waals surface area contributed by atoms with Crippen LogP contribution in [0.4, 0.5) is 11.6 Å². The van der Waals surface area contributed by atoms with E-state index in [0.717, 1.165) is 36.1 Å². The second-order valence-corrected chi connectivity index (χ2v) is 10.2. The first kappa shape index (κ1) is 28.6. The molecule has 0 aliphatic heterocycles. The third-order valence-electron chi connectivity index (χ3n) is 6.65. The normalized spacial score (nSPS) is 15.8. The Morgan fingerprint density at radius 2 is 1.90 bits per heavy atom. The largest absolute Gasteiger partial charge is 0.487 e. The number of aromatic nitrogens is 4. The third kappa shape index (κ3) is 8.06. The predicted molar refractivity (Wildman–Crippen MR) is 154 cm³/mol. The van der Waals surface area contributed by atoms with Gasteiger partial charge in [-0.05, 0) is 44.4 Å². The first-order chi connectivity index (χ1) is 19.0. The fourth-order valence-electron chi connectivity index (χ4n) is 4.51. The molecule has 210 valence electrons. The Bertz CT molecular complexity index is 1210. The molecule has 0 amide bonds. The van der Waals surface area contributed by atoms with Crippen LogP contribution in [-0.2, 0) is 4.74 Å². The molecule has 10 nitrogen and oxygen atoms in total. The zero-order valence-corrected chi connectivity index (χ0v) is 23.6. The molecule has 0 saturated heterocycles. The minimum Gasteiger partial charge on any atom is -0.487 e. The smallest absolute Gasteiger partial charge is 0.257 e. The van der Waals surface area contributed by atoms with Gasteiger partial charge in [-0.25, -0.2) is 9.97 Å². The number of aliphatic imine (C=N–C) groups is 1. The van der Waals surface area contributed by atoms with E-state index in [4.69, 9.17) is 36.6 Å². The van der Waals surface area contributed by atoms with Crippen LogP contribution in [0.15, 0.2) is 41.8 Å². The fourth-order valence-corrected chi connectivity index (χ4v) is 4.67. The lowest BCUT2D eigenvalue weighted by Gasteiger charge is -2.21. The van der Waals surface area contributed by atoms with Gasteiger partial charge in [0, 0.05) is 38.1 Å². The summed E-state index contributed by atoms with van der Waals surface area (Å²) in [5.41, 5.74) is 7.80. The molecule has 2 heterocycles. The molecule has 2 aromatic heterocycles. The minimum atomic E-state index is -0.177. The standard InChI is InChI=1S/C28H38ClN7O3/c1-19(11-12-37-3)39-27-25(17-36(35-27)23-7-5-4-6-8-23)34-28-32-15-22(16-33-28)21-9-10-24(29)26(13-21)38-20(2)14-31-18-30/h9-10,13,15-20,23H,4-8,11-12,14H2,1-3H3,(H2,30,31)(H,32,33,34)/t19?,20-/m0/s1. The van der Waals surface area contributed by atoms with Crippen molar-refractivity contribution in [3.63, 3.8) is 0 Å². The van der Waals surface area contributed by atoms with Crippen molar-refractivity contribution in [1.82, 2.24) is 19.7 Å². The van der Waals surface area contributed by atoms with Crippen molar-refractivity contribution < 1.29 is 14.2 Å². The number of hydrogen-bond acceptors (Lipinski definition) is 8. The highest BCUT2D eigenvalue weighted by Crippen LogP contribution is 2.34. The minimum absolute atomic E-state index is 0.0466. The molecule has 0 bridgehead atoms. The average molecular weight is 556 g/mol. The molecule has 4 rings (SSSR count). The summed E-state index contributed by atoms with van der Waals surface area (Å²) in [6.07, 6.45) is 13.3. The van der Waals surface area contributed by atoms with E-state index < -0.39 is 0 Å². The number of methoxy groups -OCH3 is 1. The van der Waals surface area contributed by atoms with Crippen LogP contribution in [0.2, 0.25) is 5.02 Å². The summed E-state index contributed by atoms with van der Waals surface area (Å²) < 4.78 is 19.4. The van der Waals surface area contributed by atoms with Gasteiger partial charge >= 0.3 is 0 Å². The predicted octanol–water partition coefficient (Wildman–Crippen LogP) is 5.80. The molecule has 1 aliphatic carbocycles. The van der Waals surface area contributed by atoms with E-state index in [-0.39, 0.29) is 12.2 Å². The van der Waals surface area contributed by atoms with Gasteiger partial charge in [-0.2, -0.15) is 0 Å². The maximum atomic E-state index is 6.36. The number of nitrogens with zero attached hydrogens (tertiary/aromatic N) is 5. The van der Waals surface area contributed by atoms with Gasteiger partial charge in [0.15, 0.2) is 0 Å². The van der Waals surface area contributed by atoms with Crippen molar-refractivity contribution in [3.8, 4) is 22.8 Å². The van der Waals surface area contributed by atoms with E-state index >= 15 is 0 Å². The molecule has 1 aliphatic rings. The van der Waals surface area contributed by atoms with Crippen molar-refractivity contribution >= 4 is 29.6 Å². The highest BCUT2D eigenvalue weighted by molar-refractivity contribution is 6.32. The van der Waals surface area contributed by atoms with E-state index in [2.05, 4.69) is 20.3 Å². The van der Waals surface area contributed by atoms with E-state index in [0.29, 0.717) is 41.8 Å². The molecule has 1 saturated carbocycles. The first-order valence-corrected chi connectivity index (χ1v) is 13.8. The van der Waals surface area contributed by atoms with Crippen LogP contribution in [0.1, 0.15) is 58.4 Å². The zero-order chi connectivity index (χ0) is 27.6. The van der Waals surface area contributed by atoms with Gasteiger partial charge < -0.3 is 25.3 Å². The Morgan fingerprint density at radius 3 is 2.62 bits per heavy atom. The third-order valence-corrected chi connectivity index (χ3v) is 6.96. The first-order valence-electron chi connectivity index (χ1n) is 13.5. The number of nitrogens with two attached hydrogens (primary N) is 1. The lowest BCUT2D eigenvalue weighted by molar-refractivity contribution is 0.131. The van der Waals surface area contributed by atoms with Gasteiger partial charge in [0.1, 0.15) is 17.5 Å². The van der Waals surface area contributed by atoms with Crippen LogP contribution in [-0.4, -0.2) is 58.6 Å². The van der Waals surface area contributed by atoms with Crippen LogP contribution in [0.3, 0.4) is 0 Å². The zero-order valence-electron chi connectivity index (χ0n) is 22.8. The summed E-state index contributed by atoms with van der Waals surface area (Å²) in [6, 6.07) is 5.95. The molecule has 0 spiro atoms. The SMILES string of the molecule is COCCC(C)Oc1nn(C2CCCCC2)cc1Nc1ncc(-c2ccc(Cl)c(O[C@@H](C)CN=CN)c2)cn1. The van der Waals surface area contributed by atoms with Gasteiger partial charge in [0.05, 0.1) is 36.2 Å². The van der Waals surface area contributed by atoms with Crippen molar-refractivity contribution in [2.75, 3.05) is 25.6 Å². The van der Waals surface area contributed by atoms with Crippen LogP contribution in [0.25, 0.3) is 11.1 Å². The molecule has 1 fully saturated rings. The number of anilines is 2. The topological polar surface area (TPSA) is 122 Å². The van der Waals surface area contributed by atoms with Crippen molar-refractivity contribution in [2.24, 2.45) is 10.7 Å². The molecule has 11 heteroatoms. The van der Waals surface area contributed by atoms with Crippen LogP contribution in [0, 0.1) is 0 Å². The maximum absolute atomic E-state index is 6.36. The van der Waals surface area contributed by atoms with Crippen LogP contribution < -0.4 is 20.5 Å². The molecular formula is C28H38ClN7O3. The van der Waals surface area contributed by atoms with Gasteiger partial charge in [0.25, 0.3) is 5.88 Å². The molecule has 1 unspecified atom stereocenters. The monoisotopic (exact) mass is 555 g/mol. The van der Waals surface area contributed by atoms with Gasteiger partial charge in [-0.15, -0.1) is 5.10 Å². The van der Waals surface area contributed by atoms with E-state index in [1.165, 1.54) is 25.6 Å². The van der Waals surface area contributed by atoms with Crippen molar-refractivity contribution in [3.05, 3.63) is 41.8 Å². The fraction of sp³-hybridized carbons (Fsp3) is 0.500. The molecule has 3 aromatic rings. The summed E-state index contributed by atoms with van der Waals surface area (Å²) >= 11 is 6.36. The average Bonchev–Trinajstić information content (AvgIpc) is 3.34. The summed E-state index contributed by atoms with van der Waals surface area (Å²) in [5, 5.41) is 8.62. The van der Waals surface area contributed by atoms with Crippen molar-refractivity contribution in [2.45, 2.75) is 70.6 Å². The highest BCUT2D eigenvalue weighted by atomic mass is 35.5. The van der Waals surface area contributed by atoms with Gasteiger partial charge in [-0.1, -0.05) is 36.9 Å². The van der Waals surface area contributed by atoms with Crippen molar-refractivity contribution in [1.29, 1.82) is 0 Å². The number of benzene rings is 1. The Morgan fingerprint density at radius 1 is 1.13 bits per heavy atom. The maximum Gasteiger partial charge on any atom is 0.257 e. The van der Waals surface area contributed by atoms with Crippen LogP contribution in [0.5, 0.6) is 11.6 Å². The Kier molecular flexibility index (Phi) is 10.4. The molecule has 2 atom stereocenters. The number of hydrogen-bond donors (Lipinski definition) is 2. The van der Waals surface area contributed by atoms with Gasteiger partial charge in [0.2, 0.25) is 5.95 Å². The molecule has 1 aromatic carbocycles. The highest BCUT2D eigenvalue weighted by Gasteiger charge is 2.21. The number of nitrogens with one attached hydrogen (secondary N) is 1. The lowest BCUT2D eigenvalue weighted by Crippen LogP contribution is -2.16. The Hall–Kier alpha value is -3.37. The molecule has 3 N–H and O–H groups in total. The van der Waals surface area contributed by atoms with Crippen LogP contribution >= 0.6 is 11.6 Å². The van der Waals surface area contributed by atoms with Gasteiger partial charge in [-0.3, -0.25) is 9.67 Å². The second kappa shape index (κ2) is 14.1. The Labute approximate surface area is 234 Å².